The fourth-order valence-corrected chi connectivity index (χ4v) is 4.19. The second kappa shape index (κ2) is 10.00. The molecule has 0 bridgehead atoms. The van der Waals surface area contributed by atoms with Gasteiger partial charge in [-0.15, -0.1) is 0 Å². The Morgan fingerprint density at radius 3 is 2.31 bits per heavy atom. The Morgan fingerprint density at radius 2 is 1.66 bits per heavy atom. The molecule has 0 radical (unpaired) electrons. The summed E-state index contributed by atoms with van der Waals surface area (Å²) >= 11 is 0. The van der Waals surface area contributed by atoms with Crippen LogP contribution in [-0.2, 0) is 12.7 Å². The van der Waals surface area contributed by atoms with E-state index < -0.39 is 23.1 Å². The number of hydrogen-bond donors (Lipinski definition) is 1. The van der Waals surface area contributed by atoms with Crippen LogP contribution in [0.4, 0.5) is 13.2 Å². The van der Waals surface area contributed by atoms with Gasteiger partial charge in [0, 0.05) is 6.54 Å². The topological polar surface area (TPSA) is 62.9 Å². The molecule has 0 aliphatic carbocycles. The smallest absolute Gasteiger partial charge is 0.453 e. The molecule has 8 heteroatoms. The largest absolute Gasteiger partial charge is 0.507 e. The Balaban J connectivity index is 1.87. The van der Waals surface area contributed by atoms with Crippen molar-refractivity contribution in [3.05, 3.63) is 76.1 Å². The van der Waals surface area contributed by atoms with E-state index in [9.17, 15) is 23.1 Å². The summed E-state index contributed by atoms with van der Waals surface area (Å²) in [7, 11) is 0. The van der Waals surface area contributed by atoms with E-state index in [1.807, 2.05) is 30.9 Å². The molecule has 0 amide bonds. The van der Waals surface area contributed by atoms with Gasteiger partial charge in [0.05, 0.1) is 10.9 Å². The van der Waals surface area contributed by atoms with Crippen LogP contribution in [0.1, 0.15) is 38.0 Å². The second-order valence-electron chi connectivity index (χ2n) is 8.41. The highest BCUT2D eigenvalue weighted by Gasteiger charge is 2.41. The standard InChI is InChI=1S/C27H26F3NO4/c1-3-13-31(14-4-2)16-21-22(32)12-11-20-23(33)25(26(27(28,29)30)35-24(20)21)34-19-10-9-17-7-5-6-8-18(17)15-19/h5-12,15,32H,3-4,13-14,16H2,1-2H3. The van der Waals surface area contributed by atoms with Gasteiger partial charge in [-0.2, -0.15) is 13.2 Å². The minimum absolute atomic E-state index is 0.0805. The number of phenolic OH excluding ortho intramolecular Hbond substituents is 1. The van der Waals surface area contributed by atoms with Crippen molar-refractivity contribution in [3.63, 3.8) is 0 Å². The third-order valence-corrected chi connectivity index (χ3v) is 5.76. The lowest BCUT2D eigenvalue weighted by Gasteiger charge is -2.22. The van der Waals surface area contributed by atoms with Crippen molar-refractivity contribution in [2.75, 3.05) is 13.1 Å². The Bertz CT molecular complexity index is 1410. The number of halogens is 3. The van der Waals surface area contributed by atoms with Gasteiger partial charge in [-0.3, -0.25) is 9.69 Å². The van der Waals surface area contributed by atoms with E-state index in [1.54, 1.807) is 24.3 Å². The maximum atomic E-state index is 14.1. The highest BCUT2D eigenvalue weighted by Crippen LogP contribution is 2.40. The number of alkyl halides is 3. The lowest BCUT2D eigenvalue weighted by atomic mass is 10.1. The Kier molecular flexibility index (Phi) is 7.03. The molecule has 1 aromatic heterocycles. The Hall–Kier alpha value is -3.52. The van der Waals surface area contributed by atoms with Gasteiger partial charge in [-0.05, 0) is 61.0 Å². The fraction of sp³-hybridized carbons (Fsp3) is 0.296. The van der Waals surface area contributed by atoms with Gasteiger partial charge < -0.3 is 14.3 Å². The molecule has 0 aliphatic rings. The number of rotatable bonds is 8. The molecular weight excluding hydrogens is 459 g/mol. The van der Waals surface area contributed by atoms with E-state index in [0.717, 1.165) is 23.6 Å². The average Bonchev–Trinajstić information content (AvgIpc) is 2.82. The summed E-state index contributed by atoms with van der Waals surface area (Å²) in [4.78, 5) is 15.3. The quantitative estimate of drug-likeness (QED) is 0.289. The third-order valence-electron chi connectivity index (χ3n) is 5.76. The fourth-order valence-electron chi connectivity index (χ4n) is 4.19. The van der Waals surface area contributed by atoms with Crippen molar-refractivity contribution in [2.24, 2.45) is 0 Å². The van der Waals surface area contributed by atoms with Crippen molar-refractivity contribution in [3.8, 4) is 17.2 Å². The van der Waals surface area contributed by atoms with Crippen molar-refractivity contribution in [2.45, 2.75) is 39.4 Å². The van der Waals surface area contributed by atoms with Gasteiger partial charge in [-0.1, -0.05) is 44.2 Å². The molecule has 4 rings (SSSR count). The summed E-state index contributed by atoms with van der Waals surface area (Å²) in [5.74, 6) is -2.62. The van der Waals surface area contributed by atoms with Crippen LogP contribution in [0.3, 0.4) is 0 Å². The molecular formula is C27H26F3NO4. The Morgan fingerprint density at radius 1 is 0.971 bits per heavy atom. The first-order chi connectivity index (χ1) is 16.7. The van der Waals surface area contributed by atoms with Crippen LogP contribution in [0.2, 0.25) is 0 Å². The molecule has 4 aromatic rings. The number of nitrogens with zero attached hydrogens (tertiary/aromatic N) is 1. The number of fused-ring (bicyclic) bond motifs is 2. The van der Waals surface area contributed by atoms with Gasteiger partial charge in [0.1, 0.15) is 17.1 Å². The molecule has 184 valence electrons. The first kappa shape index (κ1) is 24.6. The van der Waals surface area contributed by atoms with E-state index in [2.05, 4.69) is 0 Å². The molecule has 1 N–H and O–H groups in total. The minimum atomic E-state index is -4.99. The van der Waals surface area contributed by atoms with Gasteiger partial charge in [-0.25, -0.2) is 0 Å². The highest BCUT2D eigenvalue weighted by molar-refractivity contribution is 5.85. The van der Waals surface area contributed by atoms with Crippen molar-refractivity contribution in [1.29, 1.82) is 0 Å². The second-order valence-corrected chi connectivity index (χ2v) is 8.41. The van der Waals surface area contributed by atoms with Crippen molar-refractivity contribution >= 4 is 21.7 Å². The molecule has 0 unspecified atom stereocenters. The molecule has 0 spiro atoms. The van der Waals surface area contributed by atoms with Gasteiger partial charge in [0.15, 0.2) is 0 Å². The van der Waals surface area contributed by atoms with Gasteiger partial charge in [0.25, 0.3) is 5.76 Å². The van der Waals surface area contributed by atoms with E-state index in [1.165, 1.54) is 18.2 Å². The zero-order valence-electron chi connectivity index (χ0n) is 19.5. The van der Waals surface area contributed by atoms with Crippen LogP contribution >= 0.6 is 0 Å². The maximum absolute atomic E-state index is 14.1. The van der Waals surface area contributed by atoms with Gasteiger partial charge in [0.2, 0.25) is 11.2 Å². The summed E-state index contributed by atoms with van der Waals surface area (Å²) in [6.45, 7) is 5.50. The number of hydrogen-bond acceptors (Lipinski definition) is 5. The van der Waals surface area contributed by atoms with Crippen LogP contribution in [0.5, 0.6) is 17.2 Å². The highest BCUT2D eigenvalue weighted by atomic mass is 19.4. The van der Waals surface area contributed by atoms with Gasteiger partial charge >= 0.3 is 6.18 Å². The molecule has 0 atom stereocenters. The van der Waals surface area contributed by atoms with Crippen LogP contribution in [-0.4, -0.2) is 23.1 Å². The normalized spacial score (nSPS) is 12.1. The monoisotopic (exact) mass is 485 g/mol. The number of ether oxygens (including phenoxy) is 1. The molecule has 0 aliphatic heterocycles. The molecule has 0 saturated heterocycles. The number of phenols is 1. The van der Waals surface area contributed by atoms with Crippen LogP contribution < -0.4 is 10.2 Å². The minimum Gasteiger partial charge on any atom is -0.507 e. The maximum Gasteiger partial charge on any atom is 0.453 e. The zero-order chi connectivity index (χ0) is 25.2. The lowest BCUT2D eigenvalue weighted by Crippen LogP contribution is -2.25. The molecule has 3 aromatic carbocycles. The van der Waals surface area contributed by atoms with Crippen LogP contribution in [0.15, 0.2) is 63.8 Å². The molecule has 5 nitrogen and oxygen atoms in total. The lowest BCUT2D eigenvalue weighted by molar-refractivity contribution is -0.154. The molecule has 35 heavy (non-hydrogen) atoms. The summed E-state index contributed by atoms with van der Waals surface area (Å²) < 4.78 is 53.0. The summed E-state index contributed by atoms with van der Waals surface area (Å²) in [6.07, 6.45) is -3.34. The summed E-state index contributed by atoms with van der Waals surface area (Å²) in [6, 6.07) is 14.6. The summed E-state index contributed by atoms with van der Waals surface area (Å²) in [5.41, 5.74) is -1.10. The predicted octanol–water partition coefficient (Wildman–Crippen LogP) is 7.08. The van der Waals surface area contributed by atoms with Crippen molar-refractivity contribution in [1.82, 2.24) is 4.90 Å². The predicted molar refractivity (Wildman–Crippen MR) is 129 cm³/mol. The van der Waals surface area contributed by atoms with Crippen LogP contribution in [0, 0.1) is 0 Å². The molecule has 1 heterocycles. The first-order valence-electron chi connectivity index (χ1n) is 11.5. The zero-order valence-corrected chi connectivity index (χ0v) is 19.5. The Labute approximate surface area is 200 Å². The van der Waals surface area contributed by atoms with E-state index in [0.29, 0.717) is 13.1 Å². The third kappa shape index (κ3) is 5.12. The first-order valence-corrected chi connectivity index (χ1v) is 11.5. The van der Waals surface area contributed by atoms with E-state index >= 15 is 0 Å². The molecule has 0 fully saturated rings. The SMILES string of the molecule is CCCN(CCC)Cc1c(O)ccc2c(=O)c(Oc3ccc4ccccc4c3)c(C(F)(F)F)oc12. The summed E-state index contributed by atoms with van der Waals surface area (Å²) in [5, 5.41) is 12.0. The van der Waals surface area contributed by atoms with Crippen LogP contribution in [0.25, 0.3) is 21.7 Å². The molecule has 0 saturated carbocycles. The number of benzene rings is 3. The van der Waals surface area contributed by atoms with E-state index in [-0.39, 0.29) is 34.6 Å². The van der Waals surface area contributed by atoms with Crippen molar-refractivity contribution < 1.29 is 27.4 Å². The average molecular weight is 486 g/mol. The number of aromatic hydroxyl groups is 1. The van der Waals surface area contributed by atoms with E-state index in [4.69, 9.17) is 9.15 Å².